The van der Waals surface area contributed by atoms with Crippen LogP contribution in [0.4, 0.5) is 10.2 Å². The van der Waals surface area contributed by atoms with E-state index in [1.165, 1.54) is 29.4 Å². The van der Waals surface area contributed by atoms with Gasteiger partial charge in [-0.3, -0.25) is 15.2 Å². The van der Waals surface area contributed by atoms with Crippen molar-refractivity contribution in [3.63, 3.8) is 0 Å². The van der Waals surface area contributed by atoms with Gasteiger partial charge in [0.1, 0.15) is 16.9 Å². The van der Waals surface area contributed by atoms with Crippen molar-refractivity contribution in [1.29, 1.82) is 5.26 Å². The molecule has 1 amide bonds. The SMILES string of the molecule is CC(C)CN(NC(=O)c1ccc(F)c(CBr)c1)c1nc(C#N)ncc1Cl. The molecule has 1 N–H and O–H groups in total. The van der Waals surface area contributed by atoms with Gasteiger partial charge >= 0.3 is 0 Å². The van der Waals surface area contributed by atoms with Crippen molar-refractivity contribution in [3.8, 4) is 6.07 Å². The number of anilines is 1. The van der Waals surface area contributed by atoms with Crippen LogP contribution in [0, 0.1) is 23.1 Å². The minimum absolute atomic E-state index is 0.0595. The zero-order valence-corrected chi connectivity index (χ0v) is 16.5. The van der Waals surface area contributed by atoms with Crippen LogP contribution in [0.1, 0.15) is 35.6 Å². The monoisotopic (exact) mass is 439 g/mol. The number of nitrogens with one attached hydrogen (secondary N) is 1. The van der Waals surface area contributed by atoms with E-state index in [1.807, 2.05) is 19.9 Å². The highest BCUT2D eigenvalue weighted by molar-refractivity contribution is 9.08. The molecule has 0 spiro atoms. The van der Waals surface area contributed by atoms with E-state index < -0.39 is 11.7 Å². The van der Waals surface area contributed by atoms with Crippen molar-refractivity contribution in [2.45, 2.75) is 19.2 Å². The molecule has 0 unspecified atom stereocenters. The molecule has 0 aliphatic carbocycles. The van der Waals surface area contributed by atoms with E-state index >= 15 is 0 Å². The molecule has 0 aliphatic heterocycles. The highest BCUT2D eigenvalue weighted by atomic mass is 79.9. The maximum absolute atomic E-state index is 13.6. The topological polar surface area (TPSA) is 81.9 Å². The molecule has 0 saturated carbocycles. The van der Waals surface area contributed by atoms with E-state index in [4.69, 9.17) is 16.9 Å². The molecule has 0 fully saturated rings. The molecule has 1 aromatic heterocycles. The Bertz CT molecular complexity index is 856. The molecule has 2 aromatic rings. The van der Waals surface area contributed by atoms with E-state index in [0.29, 0.717) is 23.0 Å². The van der Waals surface area contributed by atoms with Gasteiger partial charge in [0.25, 0.3) is 5.91 Å². The molecule has 0 saturated heterocycles. The van der Waals surface area contributed by atoms with Crippen LogP contribution in [0.5, 0.6) is 0 Å². The van der Waals surface area contributed by atoms with E-state index in [2.05, 4.69) is 31.3 Å². The predicted octanol–water partition coefficient (Wildman–Crippen LogP) is 3.84. The molecule has 0 radical (unpaired) electrons. The third-order valence-electron chi connectivity index (χ3n) is 3.32. The van der Waals surface area contributed by atoms with Crippen LogP contribution < -0.4 is 10.4 Å². The molecule has 0 bridgehead atoms. The zero-order chi connectivity index (χ0) is 19.3. The van der Waals surface area contributed by atoms with Gasteiger partial charge in [-0.15, -0.1) is 0 Å². The van der Waals surface area contributed by atoms with Gasteiger partial charge < -0.3 is 0 Å². The zero-order valence-electron chi connectivity index (χ0n) is 14.1. The van der Waals surface area contributed by atoms with Gasteiger partial charge in [0, 0.05) is 17.4 Å². The Morgan fingerprint density at radius 3 is 2.85 bits per heavy atom. The molecule has 1 heterocycles. The number of nitrogens with zero attached hydrogens (tertiary/aromatic N) is 4. The van der Waals surface area contributed by atoms with Gasteiger partial charge in [-0.25, -0.2) is 9.37 Å². The molecule has 1 aromatic carbocycles. The Balaban J connectivity index is 2.34. The maximum atomic E-state index is 13.6. The number of rotatable bonds is 6. The van der Waals surface area contributed by atoms with Crippen molar-refractivity contribution in [2.75, 3.05) is 11.6 Å². The number of carbonyl (C=O) groups excluding carboxylic acids is 1. The number of alkyl halides is 1. The first-order valence-corrected chi connectivity index (χ1v) is 9.21. The summed E-state index contributed by atoms with van der Waals surface area (Å²) in [4.78, 5) is 20.5. The number of halogens is 3. The van der Waals surface area contributed by atoms with Crippen molar-refractivity contribution in [2.24, 2.45) is 5.92 Å². The van der Waals surface area contributed by atoms with Gasteiger partial charge in [-0.1, -0.05) is 41.4 Å². The van der Waals surface area contributed by atoms with Crippen LogP contribution in [-0.2, 0) is 5.33 Å². The average Bonchev–Trinajstić information content (AvgIpc) is 2.61. The third-order valence-corrected chi connectivity index (χ3v) is 4.19. The number of benzene rings is 1. The summed E-state index contributed by atoms with van der Waals surface area (Å²) >= 11 is 9.34. The van der Waals surface area contributed by atoms with Gasteiger partial charge in [0.2, 0.25) is 5.82 Å². The third kappa shape index (κ3) is 4.90. The van der Waals surface area contributed by atoms with E-state index in [9.17, 15) is 9.18 Å². The lowest BCUT2D eigenvalue weighted by molar-refractivity contribution is 0.0947. The highest BCUT2D eigenvalue weighted by Crippen LogP contribution is 2.22. The summed E-state index contributed by atoms with van der Waals surface area (Å²) < 4.78 is 13.6. The van der Waals surface area contributed by atoms with Gasteiger partial charge in [-0.2, -0.15) is 10.2 Å². The second-order valence-corrected chi connectivity index (χ2v) is 6.83. The van der Waals surface area contributed by atoms with E-state index in [1.54, 1.807) is 0 Å². The van der Waals surface area contributed by atoms with Crippen LogP contribution in [0.25, 0.3) is 0 Å². The van der Waals surface area contributed by atoms with Crippen molar-refractivity contribution in [3.05, 3.63) is 52.2 Å². The predicted molar refractivity (Wildman–Crippen MR) is 100 cm³/mol. The molecule has 0 aliphatic rings. The maximum Gasteiger partial charge on any atom is 0.269 e. The molecule has 6 nitrogen and oxygen atoms in total. The Labute approximate surface area is 164 Å². The fourth-order valence-corrected chi connectivity index (χ4v) is 2.78. The number of aromatic nitrogens is 2. The first-order valence-electron chi connectivity index (χ1n) is 7.71. The van der Waals surface area contributed by atoms with E-state index in [0.717, 1.165) is 0 Å². The Hall–Kier alpha value is -2.24. The lowest BCUT2D eigenvalue weighted by Gasteiger charge is -2.26. The van der Waals surface area contributed by atoms with Gasteiger partial charge in [0.15, 0.2) is 5.82 Å². The smallest absolute Gasteiger partial charge is 0.267 e. The number of hydrogen-bond donors (Lipinski definition) is 1. The summed E-state index contributed by atoms with van der Waals surface area (Å²) in [6.45, 7) is 4.32. The molecule has 0 atom stereocenters. The summed E-state index contributed by atoms with van der Waals surface area (Å²) in [7, 11) is 0. The second-order valence-electron chi connectivity index (χ2n) is 5.86. The summed E-state index contributed by atoms with van der Waals surface area (Å²) in [5.74, 6) is -0.506. The van der Waals surface area contributed by atoms with Crippen LogP contribution in [0.2, 0.25) is 5.02 Å². The fourth-order valence-electron chi connectivity index (χ4n) is 2.16. The first-order chi connectivity index (χ1) is 12.3. The fraction of sp³-hybridized carbons (Fsp3) is 0.294. The van der Waals surface area contributed by atoms with Gasteiger partial charge in [0.05, 0.1) is 6.20 Å². The lowest BCUT2D eigenvalue weighted by atomic mass is 10.1. The number of hydrogen-bond acceptors (Lipinski definition) is 5. The molecular weight excluding hydrogens is 425 g/mol. The van der Waals surface area contributed by atoms with Crippen LogP contribution in [0.3, 0.4) is 0 Å². The second kappa shape index (κ2) is 8.92. The number of hydrazine groups is 1. The minimum Gasteiger partial charge on any atom is -0.267 e. The van der Waals surface area contributed by atoms with Crippen molar-refractivity contribution >= 4 is 39.3 Å². The van der Waals surface area contributed by atoms with Crippen molar-refractivity contribution in [1.82, 2.24) is 15.4 Å². The number of carbonyl (C=O) groups is 1. The average molecular weight is 441 g/mol. The van der Waals surface area contributed by atoms with Crippen LogP contribution >= 0.6 is 27.5 Å². The standard InChI is InChI=1S/C17H16BrClFN5O/c1-10(2)9-25(16-13(19)8-22-15(7-21)23-16)24-17(26)11-3-4-14(20)12(5-11)6-18/h3-5,8,10H,6,9H2,1-2H3,(H,24,26). The highest BCUT2D eigenvalue weighted by Gasteiger charge is 2.19. The Kier molecular flexibility index (Phi) is 6.89. The molecular formula is C17H16BrClFN5O. The quantitative estimate of drug-likeness (QED) is 0.545. The van der Waals surface area contributed by atoms with Crippen molar-refractivity contribution < 1.29 is 9.18 Å². The Morgan fingerprint density at radius 2 is 2.23 bits per heavy atom. The summed E-state index contributed by atoms with van der Waals surface area (Å²) in [6, 6.07) is 5.94. The van der Waals surface area contributed by atoms with Crippen LogP contribution in [-0.4, -0.2) is 22.4 Å². The largest absolute Gasteiger partial charge is 0.269 e. The lowest BCUT2D eigenvalue weighted by Crippen LogP contribution is -2.45. The number of nitriles is 1. The Morgan fingerprint density at radius 1 is 1.50 bits per heavy atom. The summed E-state index contributed by atoms with van der Waals surface area (Å²) in [5, 5.41) is 11.0. The molecule has 26 heavy (non-hydrogen) atoms. The molecule has 136 valence electrons. The minimum atomic E-state index is -0.443. The van der Waals surface area contributed by atoms with Gasteiger partial charge in [-0.05, 0) is 29.7 Å². The summed E-state index contributed by atoms with van der Waals surface area (Å²) in [5.41, 5.74) is 3.38. The normalized spacial score (nSPS) is 10.5. The number of amides is 1. The molecule has 9 heteroatoms. The summed E-state index contributed by atoms with van der Waals surface area (Å²) in [6.07, 6.45) is 1.31. The van der Waals surface area contributed by atoms with E-state index in [-0.39, 0.29) is 22.6 Å². The molecule has 2 rings (SSSR count). The first kappa shape index (κ1) is 20.1. The van der Waals surface area contributed by atoms with Crippen LogP contribution in [0.15, 0.2) is 24.4 Å².